The van der Waals surface area contributed by atoms with Crippen LogP contribution in [-0.4, -0.2) is 44.4 Å². The van der Waals surface area contributed by atoms with E-state index in [0.29, 0.717) is 47.0 Å². The SMILES string of the molecule is CCCCN1C(=O)C2(C(C(=O)OC)=C(C(=O)OC)C3=C(CC(C)(C)CC3=O)N2c2ccc(C)cc2)c2cc(Cl)ccc21. The fourth-order valence-corrected chi connectivity index (χ4v) is 6.71. The lowest BCUT2D eigenvalue weighted by atomic mass is 9.66. The van der Waals surface area contributed by atoms with Gasteiger partial charge in [-0.25, -0.2) is 9.59 Å². The number of halogens is 1. The largest absolute Gasteiger partial charge is 0.466 e. The van der Waals surface area contributed by atoms with Crippen molar-refractivity contribution >= 4 is 46.6 Å². The number of unbranched alkanes of at least 4 members (excludes halogenated alkanes) is 1. The Balaban J connectivity index is 2.02. The van der Waals surface area contributed by atoms with Gasteiger partial charge in [0, 0.05) is 34.9 Å². The number of carbonyl (C=O) groups excluding carboxylic acids is 4. The fraction of sp³-hybridized carbons (Fsp3) is 0.394. The minimum atomic E-state index is -1.90. The highest BCUT2D eigenvalue weighted by Crippen LogP contribution is 2.59. The van der Waals surface area contributed by atoms with Gasteiger partial charge in [-0.1, -0.05) is 56.5 Å². The number of amides is 1. The smallest absolute Gasteiger partial charge is 0.339 e. The number of esters is 2. The number of ether oxygens (including phenoxy) is 2. The predicted octanol–water partition coefficient (Wildman–Crippen LogP) is 5.80. The second-order valence-corrected chi connectivity index (χ2v) is 12.3. The maximum Gasteiger partial charge on any atom is 0.339 e. The van der Waals surface area contributed by atoms with Gasteiger partial charge in [0.15, 0.2) is 11.3 Å². The summed E-state index contributed by atoms with van der Waals surface area (Å²) in [6, 6.07) is 12.7. The second-order valence-electron chi connectivity index (χ2n) is 11.8. The zero-order valence-electron chi connectivity index (χ0n) is 24.8. The highest BCUT2D eigenvalue weighted by molar-refractivity contribution is 6.31. The van der Waals surface area contributed by atoms with Crippen molar-refractivity contribution in [2.24, 2.45) is 5.41 Å². The highest BCUT2D eigenvalue weighted by atomic mass is 35.5. The summed E-state index contributed by atoms with van der Waals surface area (Å²) in [4.78, 5) is 60.2. The topological polar surface area (TPSA) is 93.2 Å². The lowest BCUT2D eigenvalue weighted by Crippen LogP contribution is -2.60. The molecule has 2 heterocycles. The van der Waals surface area contributed by atoms with Crippen LogP contribution in [0.5, 0.6) is 0 Å². The first-order valence-corrected chi connectivity index (χ1v) is 14.5. The van der Waals surface area contributed by atoms with E-state index in [9.17, 15) is 14.4 Å². The van der Waals surface area contributed by atoms with Crippen LogP contribution in [0, 0.1) is 12.3 Å². The summed E-state index contributed by atoms with van der Waals surface area (Å²) < 4.78 is 10.5. The Morgan fingerprint density at radius 3 is 2.26 bits per heavy atom. The number of fused-ring (bicyclic) bond motifs is 2. The average Bonchev–Trinajstić information content (AvgIpc) is 3.17. The van der Waals surface area contributed by atoms with Gasteiger partial charge in [-0.2, -0.15) is 0 Å². The lowest BCUT2D eigenvalue weighted by molar-refractivity contribution is -0.141. The van der Waals surface area contributed by atoms with Gasteiger partial charge in [-0.05, 0) is 55.5 Å². The Hall–Kier alpha value is -3.91. The van der Waals surface area contributed by atoms with Gasteiger partial charge in [0.05, 0.1) is 36.6 Å². The number of methoxy groups -OCH3 is 2. The summed E-state index contributed by atoms with van der Waals surface area (Å²) in [5.41, 5.74) is 0.255. The molecule has 1 atom stereocenters. The molecule has 1 spiro atoms. The van der Waals surface area contributed by atoms with Gasteiger partial charge < -0.3 is 19.3 Å². The zero-order valence-corrected chi connectivity index (χ0v) is 25.6. The molecule has 220 valence electrons. The number of carbonyl (C=O) groups is 4. The number of nitrogens with zero attached hydrogens (tertiary/aromatic N) is 2. The van der Waals surface area contributed by atoms with Gasteiger partial charge in [0.1, 0.15) is 0 Å². The van der Waals surface area contributed by atoms with Crippen LogP contribution in [-0.2, 0) is 34.2 Å². The van der Waals surface area contributed by atoms with E-state index in [-0.39, 0.29) is 28.9 Å². The van der Waals surface area contributed by atoms with Crippen LogP contribution in [0.4, 0.5) is 11.4 Å². The number of aryl methyl sites for hydroxylation is 1. The normalized spacial score (nSPS) is 21.1. The molecule has 2 aliphatic heterocycles. The van der Waals surface area contributed by atoms with Crippen molar-refractivity contribution in [3.8, 4) is 0 Å². The molecule has 3 aliphatic rings. The van der Waals surface area contributed by atoms with Gasteiger partial charge >= 0.3 is 11.9 Å². The third-order valence-corrected chi connectivity index (χ3v) is 8.56. The van der Waals surface area contributed by atoms with Crippen molar-refractivity contribution in [3.05, 3.63) is 81.0 Å². The number of anilines is 2. The van der Waals surface area contributed by atoms with Crippen LogP contribution < -0.4 is 9.80 Å². The predicted molar refractivity (Wildman–Crippen MR) is 160 cm³/mol. The molecule has 0 fully saturated rings. The average molecular weight is 591 g/mol. The fourth-order valence-electron chi connectivity index (χ4n) is 6.53. The lowest BCUT2D eigenvalue weighted by Gasteiger charge is -2.50. The molecule has 1 aliphatic carbocycles. The van der Waals surface area contributed by atoms with Crippen molar-refractivity contribution in [1.82, 2.24) is 0 Å². The van der Waals surface area contributed by atoms with E-state index in [1.165, 1.54) is 14.2 Å². The Labute approximate surface area is 250 Å². The quantitative estimate of drug-likeness (QED) is 0.393. The van der Waals surface area contributed by atoms with E-state index in [1.54, 1.807) is 28.0 Å². The van der Waals surface area contributed by atoms with E-state index in [0.717, 1.165) is 12.0 Å². The van der Waals surface area contributed by atoms with Gasteiger partial charge in [0.25, 0.3) is 5.91 Å². The summed E-state index contributed by atoms with van der Waals surface area (Å²) in [5, 5.41) is 0.353. The number of ketones is 1. The van der Waals surface area contributed by atoms with Crippen molar-refractivity contribution < 1.29 is 28.7 Å². The second kappa shape index (κ2) is 10.7. The number of Topliss-reactive ketones (excluding diaryl/α,β-unsaturated/α-hetero) is 1. The van der Waals surface area contributed by atoms with Gasteiger partial charge in [-0.15, -0.1) is 0 Å². The molecule has 8 nitrogen and oxygen atoms in total. The summed E-state index contributed by atoms with van der Waals surface area (Å²) in [5.74, 6) is -2.54. The maximum absolute atomic E-state index is 15.2. The Morgan fingerprint density at radius 2 is 1.64 bits per heavy atom. The van der Waals surface area contributed by atoms with Crippen molar-refractivity contribution in [2.45, 2.75) is 58.9 Å². The number of allylic oxidation sites excluding steroid dienone is 1. The third kappa shape index (κ3) is 4.35. The molecule has 2 aromatic carbocycles. The summed E-state index contributed by atoms with van der Waals surface area (Å²) in [6.07, 6.45) is 2.03. The van der Waals surface area contributed by atoms with E-state index in [2.05, 4.69) is 0 Å². The molecule has 0 aromatic heterocycles. The Morgan fingerprint density at radius 1 is 0.976 bits per heavy atom. The molecule has 1 amide bonds. The molecule has 0 radical (unpaired) electrons. The van der Waals surface area contributed by atoms with Crippen LogP contribution in [0.25, 0.3) is 0 Å². The van der Waals surface area contributed by atoms with Crippen LogP contribution in [0.15, 0.2) is 64.9 Å². The third-order valence-electron chi connectivity index (χ3n) is 8.32. The minimum absolute atomic E-state index is 0.0798. The van der Waals surface area contributed by atoms with Crippen LogP contribution in [0.1, 0.15) is 57.6 Å². The molecule has 2 aromatic rings. The molecule has 0 bridgehead atoms. The van der Waals surface area contributed by atoms with Gasteiger partial charge in [-0.3, -0.25) is 9.59 Å². The first-order chi connectivity index (χ1) is 19.9. The molecule has 0 N–H and O–H groups in total. The molecule has 5 rings (SSSR count). The molecule has 9 heteroatoms. The highest BCUT2D eigenvalue weighted by Gasteiger charge is 2.65. The Bertz CT molecular complexity index is 1570. The van der Waals surface area contributed by atoms with Crippen LogP contribution in [0.3, 0.4) is 0 Å². The van der Waals surface area contributed by atoms with E-state index >= 15 is 4.79 Å². The number of hydrogen-bond donors (Lipinski definition) is 0. The molecule has 42 heavy (non-hydrogen) atoms. The maximum atomic E-state index is 15.2. The molecule has 0 saturated heterocycles. The van der Waals surface area contributed by atoms with Crippen LogP contribution >= 0.6 is 11.6 Å². The van der Waals surface area contributed by atoms with E-state index in [4.69, 9.17) is 21.1 Å². The summed E-state index contributed by atoms with van der Waals surface area (Å²) in [7, 11) is 2.38. The van der Waals surface area contributed by atoms with E-state index < -0.39 is 28.8 Å². The molecular weight excluding hydrogens is 556 g/mol. The number of hydrogen-bond acceptors (Lipinski definition) is 7. The van der Waals surface area contributed by atoms with E-state index in [1.807, 2.05) is 52.0 Å². The van der Waals surface area contributed by atoms with Gasteiger partial charge in [0.2, 0.25) is 0 Å². The van der Waals surface area contributed by atoms with Crippen molar-refractivity contribution in [3.63, 3.8) is 0 Å². The monoisotopic (exact) mass is 590 g/mol. The molecular formula is C33H35ClN2O6. The summed E-state index contributed by atoms with van der Waals surface area (Å²) >= 11 is 6.59. The number of benzene rings is 2. The van der Waals surface area contributed by atoms with Crippen molar-refractivity contribution in [2.75, 3.05) is 30.6 Å². The van der Waals surface area contributed by atoms with Crippen LogP contribution in [0.2, 0.25) is 5.02 Å². The Kier molecular flexibility index (Phi) is 7.56. The first kappa shape index (κ1) is 29.6. The standard InChI is InChI=1S/C33H35ClN2O6/c1-7-8-15-35-23-14-11-20(34)16-22(23)33(31(35)40)28(30(39)42-6)27(29(38)41-5)26-24(17-32(3,4)18-25(26)37)36(33)21-12-9-19(2)10-13-21/h9-14,16H,7-8,15,17-18H2,1-6H3. The zero-order chi connectivity index (χ0) is 30.6. The number of rotatable bonds is 6. The van der Waals surface area contributed by atoms with Crippen molar-refractivity contribution in [1.29, 1.82) is 0 Å². The minimum Gasteiger partial charge on any atom is -0.466 e. The molecule has 1 unspecified atom stereocenters. The summed E-state index contributed by atoms with van der Waals surface area (Å²) in [6.45, 7) is 8.30. The molecule has 0 saturated carbocycles. The first-order valence-electron chi connectivity index (χ1n) is 14.1.